The average Bonchev–Trinajstić information content (AvgIpc) is 3.02. The first-order valence-corrected chi connectivity index (χ1v) is 7.00. The predicted octanol–water partition coefficient (Wildman–Crippen LogP) is 2.88. The molecule has 0 unspecified atom stereocenters. The Morgan fingerprint density at radius 2 is 2.20 bits per heavy atom. The van der Waals surface area contributed by atoms with Crippen molar-refractivity contribution in [3.63, 3.8) is 0 Å². The van der Waals surface area contributed by atoms with E-state index in [9.17, 15) is 4.79 Å². The van der Waals surface area contributed by atoms with Gasteiger partial charge in [-0.05, 0) is 19.1 Å². The second-order valence-electron chi connectivity index (χ2n) is 4.27. The van der Waals surface area contributed by atoms with Gasteiger partial charge in [-0.3, -0.25) is 4.79 Å². The summed E-state index contributed by atoms with van der Waals surface area (Å²) in [5, 5.41) is 2.79. The van der Waals surface area contributed by atoms with Crippen LogP contribution in [0.15, 0.2) is 34.1 Å². The highest BCUT2D eigenvalue weighted by Crippen LogP contribution is 2.15. The monoisotopic (exact) mass is 288 g/mol. The lowest BCUT2D eigenvalue weighted by atomic mass is 10.3. The van der Waals surface area contributed by atoms with Crippen LogP contribution in [0, 0.1) is 6.92 Å². The summed E-state index contributed by atoms with van der Waals surface area (Å²) in [5.74, 6) is 0.0616. The van der Waals surface area contributed by atoms with Gasteiger partial charge in [-0.15, -0.1) is 11.3 Å². The lowest BCUT2D eigenvalue weighted by molar-refractivity contribution is -0.144. The van der Waals surface area contributed by atoms with Crippen molar-refractivity contribution in [2.45, 2.75) is 20.0 Å². The van der Waals surface area contributed by atoms with Crippen LogP contribution >= 0.6 is 11.3 Å². The van der Waals surface area contributed by atoms with Gasteiger partial charge in [-0.25, -0.2) is 9.97 Å². The predicted molar refractivity (Wildman–Crippen MR) is 74.4 cm³/mol. The first-order valence-electron chi connectivity index (χ1n) is 6.12. The highest BCUT2D eigenvalue weighted by molar-refractivity contribution is 7.09. The molecule has 0 bridgehead atoms. The number of benzene rings is 1. The van der Waals surface area contributed by atoms with Gasteiger partial charge in [0.25, 0.3) is 0 Å². The van der Waals surface area contributed by atoms with Gasteiger partial charge in [-0.2, -0.15) is 0 Å². The summed E-state index contributed by atoms with van der Waals surface area (Å²) in [6.07, 6.45) is 0.171. The van der Waals surface area contributed by atoms with E-state index in [4.69, 9.17) is 9.15 Å². The topological polar surface area (TPSA) is 65.2 Å². The minimum absolute atomic E-state index is 0.0383. The van der Waals surface area contributed by atoms with E-state index < -0.39 is 0 Å². The number of fused-ring (bicyclic) bond motifs is 1. The number of ether oxygens (including phenoxy) is 1. The molecule has 2 aromatic heterocycles. The van der Waals surface area contributed by atoms with E-state index in [1.54, 1.807) is 0 Å². The quantitative estimate of drug-likeness (QED) is 0.691. The van der Waals surface area contributed by atoms with Crippen molar-refractivity contribution < 1.29 is 13.9 Å². The number of aromatic nitrogens is 2. The van der Waals surface area contributed by atoms with Gasteiger partial charge < -0.3 is 9.15 Å². The standard InChI is InChI=1S/C14H12N2O3S/c1-9-15-10(8-20-9)6-14(17)18-7-13-16-11-4-2-3-5-12(11)19-13/h2-5,8H,6-7H2,1H3. The lowest BCUT2D eigenvalue weighted by Gasteiger charge is -1.99. The van der Waals surface area contributed by atoms with Gasteiger partial charge in [0.05, 0.1) is 17.1 Å². The highest BCUT2D eigenvalue weighted by Gasteiger charge is 2.11. The number of rotatable bonds is 4. The number of aryl methyl sites for hydroxylation is 1. The molecule has 6 heteroatoms. The van der Waals surface area contributed by atoms with Crippen LogP contribution in [0.5, 0.6) is 0 Å². The first-order chi connectivity index (χ1) is 9.70. The Balaban J connectivity index is 1.59. The zero-order chi connectivity index (χ0) is 13.9. The first kappa shape index (κ1) is 12.8. The number of hydrogen-bond acceptors (Lipinski definition) is 6. The fourth-order valence-electron chi connectivity index (χ4n) is 1.81. The molecule has 0 N–H and O–H groups in total. The molecule has 0 atom stereocenters. The van der Waals surface area contributed by atoms with Crippen molar-refractivity contribution in [2.75, 3.05) is 0 Å². The maximum atomic E-state index is 11.7. The third kappa shape index (κ3) is 2.85. The highest BCUT2D eigenvalue weighted by atomic mass is 32.1. The van der Waals surface area contributed by atoms with E-state index in [0.29, 0.717) is 11.5 Å². The van der Waals surface area contributed by atoms with Gasteiger partial charge in [0, 0.05) is 5.38 Å². The molecule has 102 valence electrons. The number of hydrogen-bond donors (Lipinski definition) is 0. The Morgan fingerprint density at radius 1 is 1.35 bits per heavy atom. The molecule has 3 rings (SSSR count). The van der Waals surface area contributed by atoms with Crippen molar-refractivity contribution in [2.24, 2.45) is 0 Å². The van der Waals surface area contributed by atoms with E-state index in [2.05, 4.69) is 9.97 Å². The van der Waals surface area contributed by atoms with Crippen LogP contribution in [0.4, 0.5) is 0 Å². The SMILES string of the molecule is Cc1nc(CC(=O)OCc2nc3ccccc3o2)cs1. The summed E-state index contributed by atoms with van der Waals surface area (Å²) in [7, 11) is 0. The molecule has 0 spiro atoms. The van der Waals surface area contributed by atoms with E-state index in [0.717, 1.165) is 16.2 Å². The van der Waals surface area contributed by atoms with Crippen LogP contribution < -0.4 is 0 Å². The minimum atomic E-state index is -0.336. The van der Waals surface area contributed by atoms with Crippen LogP contribution in [0.3, 0.4) is 0 Å². The number of carbonyl (C=O) groups is 1. The molecular weight excluding hydrogens is 276 g/mol. The van der Waals surface area contributed by atoms with Gasteiger partial charge in [0.2, 0.25) is 5.89 Å². The second-order valence-corrected chi connectivity index (χ2v) is 5.33. The molecule has 0 fully saturated rings. The summed E-state index contributed by atoms with van der Waals surface area (Å²) < 4.78 is 10.6. The molecule has 0 aliphatic heterocycles. The summed E-state index contributed by atoms with van der Waals surface area (Å²) in [6, 6.07) is 7.42. The molecule has 5 nitrogen and oxygen atoms in total. The summed E-state index contributed by atoms with van der Waals surface area (Å²) in [6.45, 7) is 1.94. The van der Waals surface area contributed by atoms with Crippen molar-refractivity contribution in [3.8, 4) is 0 Å². The van der Waals surface area contributed by atoms with Gasteiger partial charge >= 0.3 is 5.97 Å². The van der Waals surface area contributed by atoms with Gasteiger partial charge in [-0.1, -0.05) is 12.1 Å². The van der Waals surface area contributed by atoms with Crippen molar-refractivity contribution in [1.82, 2.24) is 9.97 Å². The van der Waals surface area contributed by atoms with Crippen molar-refractivity contribution in [1.29, 1.82) is 0 Å². The third-order valence-electron chi connectivity index (χ3n) is 2.69. The molecule has 20 heavy (non-hydrogen) atoms. The molecule has 3 aromatic rings. The van der Waals surface area contributed by atoms with Crippen molar-refractivity contribution >= 4 is 28.4 Å². The molecule has 0 radical (unpaired) electrons. The summed E-state index contributed by atoms with van der Waals surface area (Å²) in [4.78, 5) is 20.1. The number of para-hydroxylation sites is 2. The van der Waals surface area contributed by atoms with Crippen LogP contribution in [0.25, 0.3) is 11.1 Å². The number of nitrogens with zero attached hydrogens (tertiary/aromatic N) is 2. The normalized spacial score (nSPS) is 10.8. The smallest absolute Gasteiger partial charge is 0.312 e. The number of oxazole rings is 1. The largest absolute Gasteiger partial charge is 0.455 e. The number of esters is 1. The Labute approximate surface area is 119 Å². The van der Waals surface area contributed by atoms with Gasteiger partial charge in [0.1, 0.15) is 5.52 Å². The molecule has 2 heterocycles. The van der Waals surface area contributed by atoms with E-state index in [1.807, 2.05) is 36.6 Å². The molecular formula is C14H12N2O3S. The molecule has 0 saturated heterocycles. The molecule has 0 aliphatic rings. The van der Waals surface area contributed by atoms with Crippen LogP contribution in [0.2, 0.25) is 0 Å². The molecule has 0 aliphatic carbocycles. The van der Waals surface area contributed by atoms with E-state index >= 15 is 0 Å². The Hall–Kier alpha value is -2.21. The fourth-order valence-corrected chi connectivity index (χ4v) is 2.42. The summed E-state index contributed by atoms with van der Waals surface area (Å²) in [5.41, 5.74) is 2.18. The Kier molecular flexibility index (Phi) is 3.47. The van der Waals surface area contributed by atoms with E-state index in [-0.39, 0.29) is 19.0 Å². The molecule has 0 amide bonds. The Bertz CT molecular complexity index is 715. The average molecular weight is 288 g/mol. The Morgan fingerprint density at radius 3 is 2.95 bits per heavy atom. The molecule has 0 saturated carbocycles. The zero-order valence-corrected chi connectivity index (χ0v) is 11.6. The van der Waals surface area contributed by atoms with Crippen LogP contribution in [-0.2, 0) is 22.6 Å². The second kappa shape index (κ2) is 5.42. The summed E-state index contributed by atoms with van der Waals surface area (Å²) >= 11 is 1.51. The van der Waals surface area contributed by atoms with E-state index in [1.165, 1.54) is 11.3 Å². The molecule has 1 aromatic carbocycles. The number of carbonyl (C=O) groups excluding carboxylic acids is 1. The third-order valence-corrected chi connectivity index (χ3v) is 3.51. The zero-order valence-electron chi connectivity index (χ0n) is 10.8. The fraction of sp³-hybridized carbons (Fsp3) is 0.214. The minimum Gasteiger partial charge on any atom is -0.455 e. The number of thiazole rings is 1. The van der Waals surface area contributed by atoms with Crippen LogP contribution in [-0.4, -0.2) is 15.9 Å². The maximum absolute atomic E-state index is 11.7. The van der Waals surface area contributed by atoms with Crippen LogP contribution in [0.1, 0.15) is 16.6 Å². The van der Waals surface area contributed by atoms with Gasteiger partial charge in [0.15, 0.2) is 12.2 Å². The lowest BCUT2D eigenvalue weighted by Crippen LogP contribution is -2.08. The van der Waals surface area contributed by atoms with Crippen molar-refractivity contribution in [3.05, 3.63) is 46.2 Å². The maximum Gasteiger partial charge on any atom is 0.312 e.